The highest BCUT2D eigenvalue weighted by Gasteiger charge is 2.13. The summed E-state index contributed by atoms with van der Waals surface area (Å²) in [6, 6.07) is 5.66. The first kappa shape index (κ1) is 21.3. The Kier molecular flexibility index (Phi) is 8.20. The van der Waals surface area contributed by atoms with Gasteiger partial charge < -0.3 is 14.0 Å². The molecule has 7 heteroatoms. The van der Waals surface area contributed by atoms with Gasteiger partial charge in [0.2, 0.25) is 0 Å². The van der Waals surface area contributed by atoms with E-state index in [0.29, 0.717) is 29.0 Å². The van der Waals surface area contributed by atoms with E-state index in [9.17, 15) is 4.79 Å². The molecule has 0 fully saturated rings. The first-order valence-corrected chi connectivity index (χ1v) is 9.61. The molecule has 1 heterocycles. The average Bonchev–Trinajstić information content (AvgIpc) is 2.91. The lowest BCUT2D eigenvalue weighted by atomic mass is 10.2. The molecule has 0 unspecified atom stereocenters. The van der Waals surface area contributed by atoms with E-state index in [-0.39, 0.29) is 0 Å². The zero-order valence-corrected chi connectivity index (χ0v) is 17.3. The van der Waals surface area contributed by atoms with Crippen molar-refractivity contribution in [3.8, 4) is 5.75 Å². The van der Waals surface area contributed by atoms with Gasteiger partial charge in [0.1, 0.15) is 11.6 Å². The smallest absolute Gasteiger partial charge is 0.330 e. The standard InChI is InChI=1S/C20H24Cl2N2O3/c1-4-5-6-11-27-16-8-7-15(17(21)12-16)13-24-14(2)23-20(22)18(24)9-10-19(25)26-3/h7-10,12H,4-6,11,13H2,1-3H3/b10-9+. The first-order valence-electron chi connectivity index (χ1n) is 8.86. The summed E-state index contributed by atoms with van der Waals surface area (Å²) in [4.78, 5) is 15.6. The van der Waals surface area contributed by atoms with Gasteiger partial charge in [-0.1, -0.05) is 49.0 Å². The van der Waals surface area contributed by atoms with Crippen molar-refractivity contribution in [3.05, 3.63) is 51.5 Å². The van der Waals surface area contributed by atoms with Crippen molar-refractivity contribution in [2.24, 2.45) is 0 Å². The first-order chi connectivity index (χ1) is 13.0. The van der Waals surface area contributed by atoms with Crippen LogP contribution in [-0.2, 0) is 16.1 Å². The van der Waals surface area contributed by atoms with Crippen LogP contribution in [0.4, 0.5) is 0 Å². The van der Waals surface area contributed by atoms with Crippen molar-refractivity contribution in [1.29, 1.82) is 0 Å². The second kappa shape index (κ2) is 10.4. The van der Waals surface area contributed by atoms with Crippen LogP contribution in [0.5, 0.6) is 5.75 Å². The minimum atomic E-state index is -0.459. The number of aryl methyl sites for hydroxylation is 1. The average molecular weight is 411 g/mol. The van der Waals surface area contributed by atoms with E-state index in [2.05, 4.69) is 16.6 Å². The van der Waals surface area contributed by atoms with E-state index in [4.69, 9.17) is 27.9 Å². The minimum absolute atomic E-state index is 0.319. The zero-order valence-electron chi connectivity index (χ0n) is 15.8. The fraction of sp³-hybridized carbons (Fsp3) is 0.400. The molecule has 0 aliphatic carbocycles. The lowest BCUT2D eigenvalue weighted by molar-refractivity contribution is -0.134. The van der Waals surface area contributed by atoms with Crippen molar-refractivity contribution < 1.29 is 14.3 Å². The molecule has 0 atom stereocenters. The van der Waals surface area contributed by atoms with Gasteiger partial charge in [-0.05, 0) is 37.1 Å². The van der Waals surface area contributed by atoms with Crippen molar-refractivity contribution in [1.82, 2.24) is 9.55 Å². The van der Waals surface area contributed by atoms with Gasteiger partial charge in [0, 0.05) is 11.1 Å². The van der Waals surface area contributed by atoms with Crippen LogP contribution in [0.25, 0.3) is 6.08 Å². The lowest BCUT2D eigenvalue weighted by Crippen LogP contribution is -2.06. The Morgan fingerprint density at radius 1 is 1.30 bits per heavy atom. The largest absolute Gasteiger partial charge is 0.494 e. The van der Waals surface area contributed by atoms with Crippen molar-refractivity contribution in [2.45, 2.75) is 39.7 Å². The lowest BCUT2D eigenvalue weighted by Gasteiger charge is -2.12. The predicted molar refractivity (Wildman–Crippen MR) is 109 cm³/mol. The molecule has 2 aromatic rings. The number of nitrogens with zero attached hydrogens (tertiary/aromatic N) is 2. The molecule has 0 spiro atoms. The molecule has 0 N–H and O–H groups in total. The Labute approximate surface area is 169 Å². The van der Waals surface area contributed by atoms with Crippen LogP contribution in [-0.4, -0.2) is 29.2 Å². The second-order valence-electron chi connectivity index (χ2n) is 6.09. The second-order valence-corrected chi connectivity index (χ2v) is 6.85. The Balaban J connectivity index is 2.17. The molecule has 1 aromatic carbocycles. The summed E-state index contributed by atoms with van der Waals surface area (Å²) in [6.45, 7) is 5.16. The molecule has 0 radical (unpaired) electrons. The molecule has 0 saturated carbocycles. The molecule has 2 rings (SSSR count). The Morgan fingerprint density at radius 3 is 2.74 bits per heavy atom. The van der Waals surface area contributed by atoms with Gasteiger partial charge in [0.05, 0.1) is 26.0 Å². The topological polar surface area (TPSA) is 53.4 Å². The maximum absolute atomic E-state index is 11.4. The monoisotopic (exact) mass is 410 g/mol. The summed E-state index contributed by atoms with van der Waals surface area (Å²) < 4.78 is 12.3. The maximum Gasteiger partial charge on any atom is 0.330 e. The van der Waals surface area contributed by atoms with Crippen LogP contribution in [0.3, 0.4) is 0 Å². The van der Waals surface area contributed by atoms with E-state index in [1.807, 2.05) is 29.7 Å². The highest BCUT2D eigenvalue weighted by Crippen LogP contribution is 2.26. The molecule has 5 nitrogen and oxygen atoms in total. The number of carbonyl (C=O) groups excluding carboxylic acids is 1. The number of benzene rings is 1. The highest BCUT2D eigenvalue weighted by molar-refractivity contribution is 6.31. The SMILES string of the molecule is CCCCCOc1ccc(Cn2c(C)nc(Cl)c2/C=C/C(=O)OC)c(Cl)c1. The maximum atomic E-state index is 11.4. The van der Waals surface area contributed by atoms with Crippen molar-refractivity contribution in [2.75, 3.05) is 13.7 Å². The van der Waals surface area contributed by atoms with Crippen LogP contribution < -0.4 is 4.74 Å². The molecular weight excluding hydrogens is 387 g/mol. The number of halogens is 2. The molecule has 0 aliphatic rings. The number of imidazole rings is 1. The number of ether oxygens (including phenoxy) is 2. The summed E-state index contributed by atoms with van der Waals surface area (Å²) in [7, 11) is 1.32. The summed E-state index contributed by atoms with van der Waals surface area (Å²) in [5.74, 6) is 1.02. The Morgan fingerprint density at radius 2 is 2.07 bits per heavy atom. The number of rotatable bonds is 9. The van der Waals surface area contributed by atoms with E-state index >= 15 is 0 Å². The Hall–Kier alpha value is -1.98. The molecule has 0 amide bonds. The van der Waals surface area contributed by atoms with E-state index in [1.54, 1.807) is 6.08 Å². The van der Waals surface area contributed by atoms with Crippen LogP contribution in [0.1, 0.15) is 43.3 Å². The van der Waals surface area contributed by atoms with E-state index < -0.39 is 5.97 Å². The highest BCUT2D eigenvalue weighted by atomic mass is 35.5. The van der Waals surface area contributed by atoms with E-state index in [1.165, 1.54) is 13.2 Å². The zero-order chi connectivity index (χ0) is 19.8. The molecule has 1 aromatic heterocycles. The number of carbonyl (C=O) groups is 1. The number of aromatic nitrogens is 2. The van der Waals surface area contributed by atoms with Gasteiger partial charge in [-0.2, -0.15) is 0 Å². The molecular formula is C20H24Cl2N2O3. The normalized spacial score (nSPS) is 11.1. The molecule has 0 bridgehead atoms. The fourth-order valence-corrected chi connectivity index (χ4v) is 3.09. The molecule has 27 heavy (non-hydrogen) atoms. The van der Waals surface area contributed by atoms with Gasteiger partial charge in [-0.3, -0.25) is 0 Å². The minimum Gasteiger partial charge on any atom is -0.494 e. The molecule has 0 saturated heterocycles. The molecule has 146 valence electrons. The Bertz CT molecular complexity index is 816. The summed E-state index contributed by atoms with van der Waals surface area (Å²) >= 11 is 12.6. The summed E-state index contributed by atoms with van der Waals surface area (Å²) in [5, 5.41) is 0.926. The van der Waals surface area contributed by atoms with Gasteiger partial charge in [0.25, 0.3) is 0 Å². The third-order valence-corrected chi connectivity index (χ3v) is 4.73. The van der Waals surface area contributed by atoms with Crippen LogP contribution >= 0.6 is 23.2 Å². The van der Waals surface area contributed by atoms with Crippen LogP contribution in [0.2, 0.25) is 10.2 Å². The number of esters is 1. The molecule has 0 aliphatic heterocycles. The van der Waals surface area contributed by atoms with Gasteiger partial charge in [-0.25, -0.2) is 9.78 Å². The van der Waals surface area contributed by atoms with Crippen LogP contribution in [0, 0.1) is 6.92 Å². The van der Waals surface area contributed by atoms with Crippen molar-refractivity contribution >= 4 is 35.2 Å². The van der Waals surface area contributed by atoms with Gasteiger partial charge in [0.15, 0.2) is 5.15 Å². The third kappa shape index (κ3) is 6.01. The van der Waals surface area contributed by atoms with Gasteiger partial charge in [-0.15, -0.1) is 0 Å². The summed E-state index contributed by atoms with van der Waals surface area (Å²) in [5.41, 5.74) is 1.53. The third-order valence-electron chi connectivity index (χ3n) is 4.10. The van der Waals surface area contributed by atoms with E-state index in [0.717, 1.165) is 36.4 Å². The van der Waals surface area contributed by atoms with Crippen molar-refractivity contribution in [3.63, 3.8) is 0 Å². The summed E-state index contributed by atoms with van der Waals surface area (Å²) in [6.07, 6.45) is 6.23. The quantitative estimate of drug-likeness (QED) is 0.319. The predicted octanol–water partition coefficient (Wildman–Crippen LogP) is 5.30. The number of hydrogen-bond donors (Lipinski definition) is 0. The fourth-order valence-electron chi connectivity index (χ4n) is 2.58. The van der Waals surface area contributed by atoms with Crippen LogP contribution in [0.15, 0.2) is 24.3 Å². The number of unbranched alkanes of at least 4 members (excludes halogenated alkanes) is 2. The number of methoxy groups -OCH3 is 1. The van der Waals surface area contributed by atoms with Gasteiger partial charge >= 0.3 is 5.97 Å². The number of hydrogen-bond acceptors (Lipinski definition) is 4.